The lowest BCUT2D eigenvalue weighted by molar-refractivity contribution is -0.122. The SMILES string of the molecule is O=C(NN=C1CCN(Cc2ccccc2)CC1)C1CC1. The highest BCUT2D eigenvalue weighted by molar-refractivity contribution is 5.88. The van der Waals surface area contributed by atoms with Gasteiger partial charge >= 0.3 is 0 Å². The van der Waals surface area contributed by atoms with Gasteiger partial charge in [0.2, 0.25) is 5.91 Å². The van der Waals surface area contributed by atoms with Gasteiger partial charge < -0.3 is 0 Å². The van der Waals surface area contributed by atoms with E-state index in [-0.39, 0.29) is 11.8 Å². The van der Waals surface area contributed by atoms with Gasteiger partial charge in [-0.25, -0.2) is 5.43 Å². The lowest BCUT2D eigenvalue weighted by Gasteiger charge is -2.27. The highest BCUT2D eigenvalue weighted by Gasteiger charge is 2.29. The van der Waals surface area contributed by atoms with E-state index < -0.39 is 0 Å². The van der Waals surface area contributed by atoms with Gasteiger partial charge in [-0.1, -0.05) is 30.3 Å². The third-order valence-electron chi connectivity index (χ3n) is 3.95. The van der Waals surface area contributed by atoms with Gasteiger partial charge in [0.05, 0.1) is 0 Å². The van der Waals surface area contributed by atoms with Gasteiger partial charge in [0.1, 0.15) is 0 Å². The van der Waals surface area contributed by atoms with E-state index in [0.717, 1.165) is 51.0 Å². The Bertz CT molecular complexity index is 484. The molecule has 1 aliphatic carbocycles. The van der Waals surface area contributed by atoms with Crippen molar-refractivity contribution < 1.29 is 4.79 Å². The van der Waals surface area contributed by atoms with Gasteiger partial charge in [-0.15, -0.1) is 0 Å². The molecule has 20 heavy (non-hydrogen) atoms. The zero-order valence-corrected chi connectivity index (χ0v) is 11.7. The number of rotatable bonds is 4. The van der Waals surface area contributed by atoms with Crippen LogP contribution in [-0.2, 0) is 11.3 Å². The van der Waals surface area contributed by atoms with Crippen LogP contribution in [0.15, 0.2) is 35.4 Å². The van der Waals surface area contributed by atoms with E-state index in [9.17, 15) is 4.79 Å². The molecule has 0 radical (unpaired) electrons. The summed E-state index contributed by atoms with van der Waals surface area (Å²) in [7, 11) is 0. The number of nitrogens with one attached hydrogen (secondary N) is 1. The maximum absolute atomic E-state index is 11.5. The number of hydrazone groups is 1. The Labute approximate surface area is 119 Å². The quantitative estimate of drug-likeness (QED) is 0.853. The lowest BCUT2D eigenvalue weighted by atomic mass is 10.1. The molecule has 2 aliphatic rings. The molecule has 1 aromatic carbocycles. The minimum absolute atomic E-state index is 0.101. The van der Waals surface area contributed by atoms with Gasteiger partial charge in [0.25, 0.3) is 0 Å². The first-order valence-electron chi connectivity index (χ1n) is 7.43. The largest absolute Gasteiger partial charge is 0.298 e. The van der Waals surface area contributed by atoms with Gasteiger partial charge in [-0.2, -0.15) is 5.10 Å². The third kappa shape index (κ3) is 3.67. The van der Waals surface area contributed by atoms with Crippen LogP contribution in [-0.4, -0.2) is 29.6 Å². The molecule has 1 amide bonds. The van der Waals surface area contributed by atoms with Crippen molar-refractivity contribution in [2.24, 2.45) is 11.0 Å². The number of amides is 1. The van der Waals surface area contributed by atoms with Crippen molar-refractivity contribution in [2.45, 2.75) is 32.2 Å². The smallest absolute Gasteiger partial charge is 0.243 e. The Morgan fingerprint density at radius 1 is 1.20 bits per heavy atom. The van der Waals surface area contributed by atoms with Crippen molar-refractivity contribution in [1.29, 1.82) is 0 Å². The van der Waals surface area contributed by atoms with Crippen LogP contribution in [0.1, 0.15) is 31.2 Å². The van der Waals surface area contributed by atoms with E-state index in [0.29, 0.717) is 0 Å². The van der Waals surface area contributed by atoms with Gasteiger partial charge in [0.15, 0.2) is 0 Å². The molecule has 2 fully saturated rings. The van der Waals surface area contributed by atoms with Crippen molar-refractivity contribution in [3.63, 3.8) is 0 Å². The molecule has 0 atom stereocenters. The second-order valence-electron chi connectivity index (χ2n) is 5.69. The normalized spacial score (nSPS) is 19.7. The minimum atomic E-state index is 0.101. The number of benzene rings is 1. The molecule has 1 aromatic rings. The highest BCUT2D eigenvalue weighted by atomic mass is 16.2. The van der Waals surface area contributed by atoms with Crippen molar-refractivity contribution in [2.75, 3.05) is 13.1 Å². The molecule has 0 bridgehead atoms. The number of carbonyl (C=O) groups excluding carboxylic acids is 1. The number of carbonyl (C=O) groups is 1. The Morgan fingerprint density at radius 3 is 2.55 bits per heavy atom. The highest BCUT2D eigenvalue weighted by Crippen LogP contribution is 2.28. The molecule has 106 valence electrons. The van der Waals surface area contributed by atoms with E-state index in [4.69, 9.17) is 0 Å². The van der Waals surface area contributed by atoms with Gasteiger partial charge in [0, 0.05) is 44.1 Å². The summed E-state index contributed by atoms with van der Waals surface area (Å²) >= 11 is 0. The number of likely N-dealkylation sites (tertiary alicyclic amines) is 1. The average molecular weight is 271 g/mol. The van der Waals surface area contributed by atoms with Crippen LogP contribution in [0.5, 0.6) is 0 Å². The lowest BCUT2D eigenvalue weighted by Crippen LogP contribution is -2.34. The number of hydrogen-bond donors (Lipinski definition) is 1. The molecular formula is C16H21N3O. The number of hydrogen-bond acceptors (Lipinski definition) is 3. The van der Waals surface area contributed by atoms with Crippen molar-refractivity contribution >= 4 is 11.6 Å². The molecule has 0 spiro atoms. The topological polar surface area (TPSA) is 44.7 Å². The first kappa shape index (κ1) is 13.3. The average Bonchev–Trinajstić information content (AvgIpc) is 3.32. The Kier molecular flexibility index (Phi) is 4.11. The summed E-state index contributed by atoms with van der Waals surface area (Å²) in [5.74, 6) is 0.335. The Morgan fingerprint density at radius 2 is 1.90 bits per heavy atom. The molecule has 1 aliphatic heterocycles. The van der Waals surface area contributed by atoms with Crippen LogP contribution in [0.25, 0.3) is 0 Å². The summed E-state index contributed by atoms with van der Waals surface area (Å²) in [5, 5.41) is 4.28. The van der Waals surface area contributed by atoms with E-state index in [1.54, 1.807) is 0 Å². The second kappa shape index (κ2) is 6.18. The van der Waals surface area contributed by atoms with Crippen LogP contribution >= 0.6 is 0 Å². The summed E-state index contributed by atoms with van der Waals surface area (Å²) in [6, 6.07) is 10.5. The van der Waals surface area contributed by atoms with Crippen LogP contribution in [0.2, 0.25) is 0 Å². The van der Waals surface area contributed by atoms with E-state index >= 15 is 0 Å². The van der Waals surface area contributed by atoms with Crippen LogP contribution in [0.4, 0.5) is 0 Å². The molecule has 4 nitrogen and oxygen atoms in total. The summed E-state index contributed by atoms with van der Waals surface area (Å²) in [6.07, 6.45) is 3.97. The van der Waals surface area contributed by atoms with Gasteiger partial charge in [-0.3, -0.25) is 9.69 Å². The van der Waals surface area contributed by atoms with Crippen LogP contribution in [0, 0.1) is 5.92 Å². The fraction of sp³-hybridized carbons (Fsp3) is 0.500. The number of piperidine rings is 1. The summed E-state index contributed by atoms with van der Waals surface area (Å²) in [4.78, 5) is 14.0. The Hall–Kier alpha value is -1.68. The third-order valence-corrected chi connectivity index (χ3v) is 3.95. The van der Waals surface area contributed by atoms with Crippen LogP contribution < -0.4 is 5.43 Å². The molecule has 1 N–H and O–H groups in total. The maximum Gasteiger partial charge on any atom is 0.243 e. The molecular weight excluding hydrogens is 250 g/mol. The van der Waals surface area contributed by atoms with Gasteiger partial charge in [-0.05, 0) is 18.4 Å². The standard InChI is InChI=1S/C16H21N3O/c20-16(14-6-7-14)18-17-15-8-10-19(11-9-15)12-13-4-2-1-3-5-13/h1-5,14H,6-12H2,(H,18,20). The maximum atomic E-state index is 11.5. The minimum Gasteiger partial charge on any atom is -0.298 e. The number of nitrogens with zero attached hydrogens (tertiary/aromatic N) is 2. The second-order valence-corrected chi connectivity index (χ2v) is 5.69. The molecule has 4 heteroatoms. The van der Waals surface area contributed by atoms with E-state index in [1.165, 1.54) is 5.56 Å². The monoisotopic (exact) mass is 271 g/mol. The molecule has 3 rings (SSSR count). The first-order valence-corrected chi connectivity index (χ1v) is 7.43. The predicted octanol–water partition coefficient (Wildman–Crippen LogP) is 2.16. The zero-order valence-electron chi connectivity index (χ0n) is 11.7. The van der Waals surface area contributed by atoms with E-state index in [1.807, 2.05) is 6.07 Å². The van der Waals surface area contributed by atoms with E-state index in [2.05, 4.69) is 39.7 Å². The van der Waals surface area contributed by atoms with Crippen molar-refractivity contribution in [3.8, 4) is 0 Å². The molecule has 1 saturated heterocycles. The van der Waals surface area contributed by atoms with Crippen molar-refractivity contribution in [3.05, 3.63) is 35.9 Å². The Balaban J connectivity index is 1.44. The fourth-order valence-corrected chi connectivity index (χ4v) is 2.49. The molecule has 1 heterocycles. The summed E-state index contributed by atoms with van der Waals surface area (Å²) < 4.78 is 0. The predicted molar refractivity (Wildman–Crippen MR) is 79.3 cm³/mol. The van der Waals surface area contributed by atoms with Crippen LogP contribution in [0.3, 0.4) is 0 Å². The fourth-order valence-electron chi connectivity index (χ4n) is 2.49. The zero-order chi connectivity index (χ0) is 13.8. The summed E-state index contributed by atoms with van der Waals surface area (Å²) in [5.41, 5.74) is 5.19. The molecule has 0 aromatic heterocycles. The molecule has 0 unspecified atom stereocenters. The van der Waals surface area contributed by atoms with Crippen molar-refractivity contribution in [1.82, 2.24) is 10.3 Å². The first-order chi connectivity index (χ1) is 9.81. The molecule has 1 saturated carbocycles. The summed E-state index contributed by atoms with van der Waals surface area (Å²) in [6.45, 7) is 3.04.